The molecule has 0 radical (unpaired) electrons. The van der Waals surface area contributed by atoms with Crippen LogP contribution in [0.15, 0.2) is 28.6 Å². The molecule has 0 aliphatic carbocycles. The van der Waals surface area contributed by atoms with Crippen LogP contribution in [0.25, 0.3) is 0 Å². The zero-order chi connectivity index (χ0) is 15.4. The number of hydrogen-bond donors (Lipinski definition) is 1. The number of thioether (sulfide) groups is 1. The van der Waals surface area contributed by atoms with E-state index in [1.54, 1.807) is 24.1 Å². The van der Waals surface area contributed by atoms with Gasteiger partial charge >= 0.3 is 0 Å². The van der Waals surface area contributed by atoms with Crippen molar-refractivity contribution in [2.45, 2.75) is 17.3 Å². The largest absolute Gasteiger partial charge is 0.374 e. The Bertz CT molecular complexity index is 617. The van der Waals surface area contributed by atoms with E-state index in [2.05, 4.69) is 10.2 Å². The summed E-state index contributed by atoms with van der Waals surface area (Å²) in [5, 5.41) is 7.94. The standard InChI is InChI=1S/C13H15FN4OS2/c1-8(9-3-5-10(14)6-4-9)18(2)11(19)7-20-13-17-16-12(15)21-13/h3-6,8H,7H2,1-2H3,(H2,15,16). The van der Waals surface area contributed by atoms with Crippen molar-refractivity contribution in [2.24, 2.45) is 0 Å². The third-order valence-electron chi connectivity index (χ3n) is 3.07. The summed E-state index contributed by atoms with van der Waals surface area (Å²) >= 11 is 2.56. The van der Waals surface area contributed by atoms with Crippen LogP contribution in [-0.4, -0.2) is 33.8 Å². The molecule has 1 atom stereocenters. The van der Waals surface area contributed by atoms with Gasteiger partial charge in [0, 0.05) is 7.05 Å². The molecule has 0 bridgehead atoms. The van der Waals surface area contributed by atoms with E-state index in [4.69, 9.17) is 5.73 Å². The van der Waals surface area contributed by atoms with Crippen LogP contribution in [-0.2, 0) is 4.79 Å². The van der Waals surface area contributed by atoms with Crippen LogP contribution in [0.3, 0.4) is 0 Å². The van der Waals surface area contributed by atoms with Crippen molar-refractivity contribution in [3.63, 3.8) is 0 Å². The number of halogens is 1. The maximum absolute atomic E-state index is 12.9. The molecule has 8 heteroatoms. The van der Waals surface area contributed by atoms with Gasteiger partial charge in [0.15, 0.2) is 4.34 Å². The molecule has 2 rings (SSSR count). The molecule has 0 saturated carbocycles. The van der Waals surface area contributed by atoms with E-state index in [1.807, 2.05) is 6.92 Å². The molecule has 0 aliphatic heterocycles. The van der Waals surface area contributed by atoms with Crippen molar-refractivity contribution in [3.8, 4) is 0 Å². The zero-order valence-electron chi connectivity index (χ0n) is 11.6. The minimum Gasteiger partial charge on any atom is -0.374 e. The van der Waals surface area contributed by atoms with Gasteiger partial charge in [0.1, 0.15) is 5.82 Å². The fourth-order valence-corrected chi connectivity index (χ4v) is 3.24. The smallest absolute Gasteiger partial charge is 0.233 e. The van der Waals surface area contributed by atoms with E-state index in [0.717, 1.165) is 5.56 Å². The molecule has 21 heavy (non-hydrogen) atoms. The molecule has 1 amide bonds. The van der Waals surface area contributed by atoms with Crippen LogP contribution in [0.5, 0.6) is 0 Å². The van der Waals surface area contributed by atoms with Crippen molar-refractivity contribution < 1.29 is 9.18 Å². The quantitative estimate of drug-likeness (QED) is 0.855. The Morgan fingerprint density at radius 3 is 2.67 bits per heavy atom. The van der Waals surface area contributed by atoms with E-state index >= 15 is 0 Å². The number of rotatable bonds is 5. The number of benzene rings is 1. The molecular formula is C13H15FN4OS2. The Morgan fingerprint density at radius 2 is 2.10 bits per heavy atom. The van der Waals surface area contributed by atoms with Gasteiger partial charge in [-0.3, -0.25) is 4.79 Å². The first-order valence-electron chi connectivity index (χ1n) is 6.20. The molecule has 0 aliphatic rings. The number of carbonyl (C=O) groups excluding carboxylic acids is 1. The molecular weight excluding hydrogens is 311 g/mol. The number of nitrogens with zero attached hydrogens (tertiary/aromatic N) is 3. The van der Waals surface area contributed by atoms with Gasteiger partial charge in [-0.05, 0) is 24.6 Å². The Labute approximate surface area is 130 Å². The van der Waals surface area contributed by atoms with Crippen LogP contribution in [0.2, 0.25) is 0 Å². The first kappa shape index (κ1) is 15.7. The molecule has 112 valence electrons. The summed E-state index contributed by atoms with van der Waals surface area (Å²) < 4.78 is 13.6. The van der Waals surface area contributed by atoms with Crippen LogP contribution in [0, 0.1) is 5.82 Å². The second-order valence-corrected chi connectivity index (χ2v) is 6.66. The molecule has 0 fully saturated rings. The zero-order valence-corrected chi connectivity index (χ0v) is 13.2. The average molecular weight is 326 g/mol. The molecule has 0 saturated heterocycles. The van der Waals surface area contributed by atoms with Gasteiger partial charge in [0.25, 0.3) is 0 Å². The minimum atomic E-state index is -0.288. The van der Waals surface area contributed by atoms with E-state index in [1.165, 1.54) is 35.2 Å². The average Bonchev–Trinajstić information content (AvgIpc) is 2.89. The summed E-state index contributed by atoms with van der Waals surface area (Å²) in [5.74, 6) is -0.0635. The van der Waals surface area contributed by atoms with E-state index in [0.29, 0.717) is 9.47 Å². The summed E-state index contributed by atoms with van der Waals surface area (Å²) in [6.07, 6.45) is 0. The van der Waals surface area contributed by atoms with Gasteiger partial charge in [0.2, 0.25) is 11.0 Å². The van der Waals surface area contributed by atoms with E-state index < -0.39 is 0 Å². The maximum Gasteiger partial charge on any atom is 0.233 e. The highest BCUT2D eigenvalue weighted by Crippen LogP contribution is 2.25. The van der Waals surface area contributed by atoms with Crippen molar-refractivity contribution in [1.82, 2.24) is 15.1 Å². The number of carbonyl (C=O) groups is 1. The lowest BCUT2D eigenvalue weighted by Crippen LogP contribution is -2.31. The Morgan fingerprint density at radius 1 is 1.43 bits per heavy atom. The van der Waals surface area contributed by atoms with Gasteiger partial charge in [-0.15, -0.1) is 10.2 Å². The Balaban J connectivity index is 1.93. The Hall–Kier alpha value is -1.67. The molecule has 1 aromatic carbocycles. The predicted molar refractivity (Wildman–Crippen MR) is 82.6 cm³/mol. The SMILES string of the molecule is CC(c1ccc(F)cc1)N(C)C(=O)CSc1nnc(N)s1. The molecule has 2 N–H and O–H groups in total. The summed E-state index contributed by atoms with van der Waals surface area (Å²) in [4.78, 5) is 13.8. The van der Waals surface area contributed by atoms with Gasteiger partial charge in [-0.25, -0.2) is 4.39 Å². The predicted octanol–water partition coefficient (Wildman–Crippen LogP) is 2.57. The molecule has 2 aromatic rings. The highest BCUT2D eigenvalue weighted by atomic mass is 32.2. The summed E-state index contributed by atoms with van der Waals surface area (Å²) in [7, 11) is 1.73. The fourth-order valence-electron chi connectivity index (χ4n) is 1.68. The number of aromatic nitrogens is 2. The van der Waals surface area contributed by atoms with Crippen LogP contribution >= 0.6 is 23.1 Å². The molecule has 1 heterocycles. The highest BCUT2D eigenvalue weighted by molar-refractivity contribution is 8.01. The molecule has 1 unspecified atom stereocenters. The van der Waals surface area contributed by atoms with Crippen LogP contribution in [0.4, 0.5) is 9.52 Å². The summed E-state index contributed by atoms with van der Waals surface area (Å²) in [5.41, 5.74) is 6.37. The second-order valence-electron chi connectivity index (χ2n) is 4.43. The van der Waals surface area contributed by atoms with Gasteiger partial charge in [-0.2, -0.15) is 0 Å². The fraction of sp³-hybridized carbons (Fsp3) is 0.308. The number of amides is 1. The Kier molecular flexibility index (Phi) is 5.13. The summed E-state index contributed by atoms with van der Waals surface area (Å²) in [6.45, 7) is 1.90. The van der Waals surface area contributed by atoms with Crippen molar-refractivity contribution in [3.05, 3.63) is 35.6 Å². The summed E-state index contributed by atoms with van der Waals surface area (Å²) in [6, 6.07) is 6.02. The third-order valence-corrected chi connectivity index (χ3v) is 4.94. The highest BCUT2D eigenvalue weighted by Gasteiger charge is 2.18. The normalized spacial score (nSPS) is 12.1. The van der Waals surface area contributed by atoms with E-state index in [9.17, 15) is 9.18 Å². The molecule has 0 spiro atoms. The number of anilines is 1. The van der Waals surface area contributed by atoms with Gasteiger partial charge in [0.05, 0.1) is 11.8 Å². The van der Waals surface area contributed by atoms with E-state index in [-0.39, 0.29) is 23.5 Å². The molecule has 1 aromatic heterocycles. The number of nitrogen functional groups attached to an aromatic ring is 1. The number of nitrogens with two attached hydrogens (primary N) is 1. The number of hydrogen-bond acceptors (Lipinski definition) is 6. The second kappa shape index (κ2) is 6.86. The van der Waals surface area contributed by atoms with Crippen molar-refractivity contribution >= 4 is 34.1 Å². The lowest BCUT2D eigenvalue weighted by molar-refractivity contribution is -0.128. The lowest BCUT2D eigenvalue weighted by Gasteiger charge is -2.25. The third kappa shape index (κ3) is 4.15. The van der Waals surface area contributed by atoms with Crippen molar-refractivity contribution in [2.75, 3.05) is 18.5 Å². The van der Waals surface area contributed by atoms with Gasteiger partial charge < -0.3 is 10.6 Å². The lowest BCUT2D eigenvalue weighted by atomic mass is 10.1. The maximum atomic E-state index is 12.9. The minimum absolute atomic E-state index is 0.0365. The molecule has 5 nitrogen and oxygen atoms in total. The monoisotopic (exact) mass is 326 g/mol. The van der Waals surface area contributed by atoms with Gasteiger partial charge in [-0.1, -0.05) is 35.2 Å². The van der Waals surface area contributed by atoms with Crippen LogP contribution < -0.4 is 5.73 Å². The topological polar surface area (TPSA) is 72.1 Å². The first-order chi connectivity index (χ1) is 9.97. The first-order valence-corrected chi connectivity index (χ1v) is 8.00. The van der Waals surface area contributed by atoms with Crippen LogP contribution in [0.1, 0.15) is 18.5 Å². The van der Waals surface area contributed by atoms with Crippen molar-refractivity contribution in [1.29, 1.82) is 0 Å².